The van der Waals surface area contributed by atoms with Gasteiger partial charge in [-0.1, -0.05) is 0 Å². The van der Waals surface area contributed by atoms with Crippen LogP contribution in [0.5, 0.6) is 0 Å². The second-order valence-electron chi connectivity index (χ2n) is 8.90. The fourth-order valence-corrected chi connectivity index (χ4v) is 2.98. The number of rotatable bonds is 6. The van der Waals surface area contributed by atoms with E-state index in [1.54, 1.807) is 0 Å². The van der Waals surface area contributed by atoms with E-state index in [2.05, 4.69) is 105 Å². The van der Waals surface area contributed by atoms with Gasteiger partial charge in [-0.05, 0) is 27.7 Å². The molecule has 0 aliphatic heterocycles. The van der Waals surface area contributed by atoms with Crippen molar-refractivity contribution in [3.63, 3.8) is 0 Å². The molecule has 18 heteroatoms. The zero-order chi connectivity index (χ0) is 34.3. The molecule has 4 heterocycles. The van der Waals surface area contributed by atoms with Crippen LogP contribution >= 0.6 is 15.6 Å². The molecule has 4 rings (SSSR count). The van der Waals surface area contributed by atoms with Gasteiger partial charge >= 0.3 is 0 Å². The molecule has 0 saturated heterocycles. The topological polar surface area (TPSA) is 180 Å². The Kier molecular flexibility index (Phi) is 23.0. The molecule has 252 valence electrons. The van der Waals surface area contributed by atoms with E-state index >= 15 is 0 Å². The van der Waals surface area contributed by atoms with Gasteiger partial charge in [-0.15, -0.1) is 0 Å². The number of aromatic nitrogens is 8. The van der Waals surface area contributed by atoms with Crippen LogP contribution in [0.4, 0.5) is 0 Å². The third-order valence-electron chi connectivity index (χ3n) is 5.20. The standard InChI is InChI=1S/4C6H11N2.C2H7O4P.H3O4P/c4*1-3-8-5-4-7(2)6-8;1-5-7(3,4)6-2;1-5(2,3)4/h4*4-6H,3H2,1-2H3;1-2H3,(H,3,4);(H3,1,2,3,4)/q4*+1;;/p-4. The van der Waals surface area contributed by atoms with Gasteiger partial charge in [0.05, 0.1) is 54.4 Å². The number of hydrogen-bond donors (Lipinski definition) is 0. The smallest absolute Gasteiger partial charge is 0.267 e. The van der Waals surface area contributed by atoms with Gasteiger partial charge in [0.15, 0.2) is 0 Å². The van der Waals surface area contributed by atoms with Crippen LogP contribution in [0.15, 0.2) is 74.9 Å². The summed E-state index contributed by atoms with van der Waals surface area (Å²) in [5.74, 6) is 0. The summed E-state index contributed by atoms with van der Waals surface area (Å²) in [5, 5.41) is 0. The van der Waals surface area contributed by atoms with Crippen LogP contribution in [-0.2, 0) is 72.5 Å². The monoisotopic (exact) mass is 664 g/mol. The molecule has 0 bridgehead atoms. The van der Waals surface area contributed by atoms with Crippen LogP contribution in [0, 0.1) is 0 Å². The highest BCUT2D eigenvalue weighted by molar-refractivity contribution is 7.45. The van der Waals surface area contributed by atoms with Crippen molar-refractivity contribution in [2.24, 2.45) is 28.2 Å². The molecule has 0 saturated carbocycles. The highest BCUT2D eigenvalue weighted by atomic mass is 31.2. The van der Waals surface area contributed by atoms with Gasteiger partial charge in [0.25, 0.3) is 7.82 Å². The van der Waals surface area contributed by atoms with Crippen molar-refractivity contribution in [3.05, 3.63) is 74.9 Å². The highest BCUT2D eigenvalue weighted by Crippen LogP contribution is 2.34. The SMILES string of the molecule is CCn1cc[n+](C)c1.CCn1cc[n+](C)c1.CCn1cc[n+](C)c1.CCn1cc[n+](C)c1.COP(=O)([O-])OC.O=P([O-])([O-])[O-]. The Hall–Kier alpha value is -2.94. The Morgan fingerprint density at radius 2 is 0.705 bits per heavy atom. The molecule has 0 N–H and O–H groups in total. The van der Waals surface area contributed by atoms with Crippen molar-refractivity contribution in [1.82, 2.24) is 18.3 Å². The summed E-state index contributed by atoms with van der Waals surface area (Å²) < 4.78 is 42.9. The molecule has 0 aliphatic carbocycles. The molecule has 0 aromatic carbocycles. The predicted molar refractivity (Wildman–Crippen MR) is 154 cm³/mol. The van der Waals surface area contributed by atoms with Crippen LogP contribution in [0.3, 0.4) is 0 Å². The van der Waals surface area contributed by atoms with Gasteiger partial charge in [-0.3, -0.25) is 4.57 Å². The summed E-state index contributed by atoms with van der Waals surface area (Å²) in [4.78, 5) is 35.6. The summed E-state index contributed by atoms with van der Waals surface area (Å²) >= 11 is 0. The van der Waals surface area contributed by atoms with Gasteiger partial charge in [0.1, 0.15) is 49.6 Å². The average molecular weight is 665 g/mol. The minimum atomic E-state index is -5.39. The number of nitrogens with zero attached hydrogens (tertiary/aromatic N) is 8. The van der Waals surface area contributed by atoms with E-state index < -0.39 is 15.6 Å². The van der Waals surface area contributed by atoms with Crippen molar-refractivity contribution >= 4 is 15.6 Å². The van der Waals surface area contributed by atoms with E-state index in [1.807, 2.05) is 71.2 Å². The van der Waals surface area contributed by atoms with E-state index in [1.165, 1.54) is 0 Å². The van der Waals surface area contributed by atoms with E-state index in [0.29, 0.717) is 0 Å². The van der Waals surface area contributed by atoms with Crippen LogP contribution in [-0.4, -0.2) is 32.5 Å². The number of phosphoric acid groups is 2. The molecule has 4 aromatic rings. The van der Waals surface area contributed by atoms with Gasteiger partial charge in [0, 0.05) is 14.2 Å². The van der Waals surface area contributed by atoms with Gasteiger partial charge in [-0.25, -0.2) is 36.5 Å². The fraction of sp³-hybridized carbons (Fsp3) is 0.538. The lowest BCUT2D eigenvalue weighted by Crippen LogP contribution is -2.24. The lowest BCUT2D eigenvalue weighted by molar-refractivity contribution is -0.671. The quantitative estimate of drug-likeness (QED) is 0.172. The van der Waals surface area contributed by atoms with E-state index in [-0.39, 0.29) is 0 Å². The molecular weight excluding hydrogens is 614 g/mol. The molecule has 0 radical (unpaired) electrons. The van der Waals surface area contributed by atoms with Gasteiger partial charge in [-0.2, -0.15) is 7.82 Å². The van der Waals surface area contributed by atoms with Crippen molar-refractivity contribution < 1.29 is 56.0 Å². The minimum absolute atomic E-state index is 1.04. The Bertz CT molecular complexity index is 1190. The fourth-order valence-electron chi connectivity index (χ4n) is 2.83. The molecule has 0 spiro atoms. The lowest BCUT2D eigenvalue weighted by atomic mass is 10.7. The van der Waals surface area contributed by atoms with Gasteiger partial charge < -0.3 is 33.2 Å². The summed E-state index contributed by atoms with van der Waals surface area (Å²) in [5.41, 5.74) is 0. The molecule has 4 aromatic heterocycles. The second kappa shape index (κ2) is 23.4. The Morgan fingerprint density at radius 3 is 0.750 bits per heavy atom. The first kappa shape index (κ1) is 43.2. The summed E-state index contributed by atoms with van der Waals surface area (Å²) in [7, 11) is 0.865. The number of hydrogen-bond acceptors (Lipinski definition) is 8. The van der Waals surface area contributed by atoms with Crippen LogP contribution < -0.4 is 37.8 Å². The Balaban J connectivity index is 0. The Labute approximate surface area is 261 Å². The molecule has 0 amide bonds. The number of phosphoric ester groups is 1. The second-order valence-corrected chi connectivity index (χ2v) is 11.4. The summed E-state index contributed by atoms with van der Waals surface area (Å²) in [6.45, 7) is 12.7. The maximum absolute atomic E-state index is 9.95. The van der Waals surface area contributed by atoms with E-state index in [0.717, 1.165) is 40.4 Å². The Morgan fingerprint density at radius 1 is 0.523 bits per heavy atom. The molecular formula is C26H50N8O8P2. The molecule has 16 nitrogen and oxygen atoms in total. The number of imidazole rings is 4. The van der Waals surface area contributed by atoms with Crippen molar-refractivity contribution in [3.8, 4) is 0 Å². The third kappa shape index (κ3) is 25.5. The van der Waals surface area contributed by atoms with Gasteiger partial charge in [0.2, 0.25) is 25.3 Å². The molecule has 44 heavy (non-hydrogen) atoms. The zero-order valence-electron chi connectivity index (χ0n) is 27.5. The zero-order valence-corrected chi connectivity index (χ0v) is 29.3. The normalized spacial score (nSPS) is 10.3. The number of aryl methyl sites for hydroxylation is 8. The summed E-state index contributed by atoms with van der Waals surface area (Å²) in [6, 6.07) is 0. The molecule has 0 aliphatic rings. The predicted octanol–water partition coefficient (Wildman–Crippen LogP) is -1.75. The maximum atomic E-state index is 9.95. The van der Waals surface area contributed by atoms with Crippen molar-refractivity contribution in [2.75, 3.05) is 14.2 Å². The van der Waals surface area contributed by atoms with Crippen molar-refractivity contribution in [1.29, 1.82) is 0 Å². The van der Waals surface area contributed by atoms with Crippen molar-refractivity contribution in [2.45, 2.75) is 53.9 Å². The average Bonchev–Trinajstić information content (AvgIpc) is 3.78. The lowest BCUT2D eigenvalue weighted by Gasteiger charge is -2.36. The maximum Gasteiger partial charge on any atom is 0.267 e. The van der Waals surface area contributed by atoms with E-state index in [9.17, 15) is 9.46 Å². The first-order chi connectivity index (χ1) is 20.4. The molecule has 0 fully saturated rings. The minimum Gasteiger partial charge on any atom is -0.822 e. The molecule has 0 unspecified atom stereocenters. The first-order valence-corrected chi connectivity index (χ1v) is 16.5. The summed E-state index contributed by atoms with van der Waals surface area (Å²) in [6.07, 6.45) is 24.6. The first-order valence-electron chi connectivity index (χ1n) is 13.6. The van der Waals surface area contributed by atoms with Crippen LogP contribution in [0.25, 0.3) is 0 Å². The van der Waals surface area contributed by atoms with Crippen LogP contribution in [0.1, 0.15) is 27.7 Å². The highest BCUT2D eigenvalue weighted by Gasteiger charge is 1.98. The van der Waals surface area contributed by atoms with E-state index in [4.69, 9.17) is 19.2 Å². The molecule has 0 atom stereocenters. The third-order valence-corrected chi connectivity index (χ3v) is 6.10. The van der Waals surface area contributed by atoms with Crippen LogP contribution in [0.2, 0.25) is 0 Å². The largest absolute Gasteiger partial charge is 0.822 e.